The number of hydrogen-bond donors (Lipinski definition) is 2. The fourth-order valence-electron chi connectivity index (χ4n) is 2.26. The molecule has 0 saturated carbocycles. The smallest absolute Gasteiger partial charge is 0.326 e. The maximum absolute atomic E-state index is 12.5. The molecular weight excluding hydrogens is 350 g/mol. The largest absolute Gasteiger partial charge is 0.504 e. The average Bonchev–Trinajstić information content (AvgIpc) is 2.79. The Morgan fingerprint density at radius 3 is 2.75 bits per heavy atom. The van der Waals surface area contributed by atoms with Crippen LogP contribution in [0.15, 0.2) is 23.1 Å². The van der Waals surface area contributed by atoms with Gasteiger partial charge in [0.05, 0.1) is 11.5 Å². The zero-order chi connectivity index (χ0) is 17.9. The van der Waals surface area contributed by atoms with Gasteiger partial charge in [0.2, 0.25) is 0 Å². The molecule has 1 saturated heterocycles. The fourth-order valence-corrected chi connectivity index (χ4v) is 3.62. The van der Waals surface area contributed by atoms with Crippen LogP contribution in [0.5, 0.6) is 11.5 Å². The number of phenols is 1. The minimum absolute atomic E-state index is 0.0125. The lowest BCUT2D eigenvalue weighted by Crippen LogP contribution is -2.43. The van der Waals surface area contributed by atoms with Crippen molar-refractivity contribution < 1.29 is 24.5 Å². The summed E-state index contributed by atoms with van der Waals surface area (Å²) >= 11 is 6.22. The van der Waals surface area contributed by atoms with Crippen molar-refractivity contribution >= 4 is 46.3 Å². The lowest BCUT2D eigenvalue weighted by Gasteiger charge is -2.21. The van der Waals surface area contributed by atoms with Gasteiger partial charge in [0, 0.05) is 0 Å². The fraction of sp³-hybridized carbons (Fsp3) is 0.312. The lowest BCUT2D eigenvalue weighted by molar-refractivity contribution is -0.145. The number of thiocarbonyl (C=S) groups is 1. The number of aliphatic carboxylic acids is 1. The van der Waals surface area contributed by atoms with Crippen molar-refractivity contribution in [1.82, 2.24) is 4.90 Å². The molecule has 1 aromatic carbocycles. The second-order valence-electron chi connectivity index (χ2n) is 4.97. The van der Waals surface area contributed by atoms with Crippen molar-refractivity contribution in [2.75, 3.05) is 6.61 Å². The molecule has 0 unspecified atom stereocenters. The summed E-state index contributed by atoms with van der Waals surface area (Å²) in [5.41, 5.74) is 0.653. The lowest BCUT2D eigenvalue weighted by atomic mass is 10.1. The minimum Gasteiger partial charge on any atom is -0.504 e. The predicted octanol–water partition coefficient (Wildman–Crippen LogP) is 2.86. The summed E-state index contributed by atoms with van der Waals surface area (Å²) in [6.07, 6.45) is 1.87. The minimum atomic E-state index is -1.08. The second kappa shape index (κ2) is 7.67. The molecule has 1 aliphatic rings. The Morgan fingerprint density at radius 2 is 2.17 bits per heavy atom. The molecule has 24 heavy (non-hydrogen) atoms. The van der Waals surface area contributed by atoms with Gasteiger partial charge in [-0.05, 0) is 37.1 Å². The van der Waals surface area contributed by atoms with E-state index in [1.807, 2.05) is 0 Å². The van der Waals surface area contributed by atoms with E-state index in [1.54, 1.807) is 32.1 Å². The first-order valence-corrected chi connectivity index (χ1v) is 8.57. The molecule has 2 rings (SSSR count). The highest BCUT2D eigenvalue weighted by atomic mass is 32.2. The van der Waals surface area contributed by atoms with Crippen LogP contribution in [-0.2, 0) is 9.59 Å². The average molecular weight is 367 g/mol. The molecule has 1 heterocycles. The van der Waals surface area contributed by atoms with E-state index in [2.05, 4.69) is 0 Å². The van der Waals surface area contributed by atoms with E-state index in [0.29, 0.717) is 22.8 Å². The first-order chi connectivity index (χ1) is 11.4. The second-order valence-corrected chi connectivity index (χ2v) is 6.65. The van der Waals surface area contributed by atoms with E-state index >= 15 is 0 Å². The summed E-state index contributed by atoms with van der Waals surface area (Å²) < 4.78 is 5.54. The molecule has 1 aliphatic heterocycles. The first kappa shape index (κ1) is 18.3. The third-order valence-electron chi connectivity index (χ3n) is 3.39. The van der Waals surface area contributed by atoms with E-state index in [9.17, 15) is 19.8 Å². The SMILES string of the molecule is CCOc1cc(C=C2SC(=S)N([C@@H](CC)C(=O)O)C2=O)ccc1O. The Kier molecular flexibility index (Phi) is 5.84. The number of benzene rings is 1. The zero-order valence-electron chi connectivity index (χ0n) is 13.2. The van der Waals surface area contributed by atoms with Gasteiger partial charge >= 0.3 is 5.97 Å². The van der Waals surface area contributed by atoms with Crippen molar-refractivity contribution in [1.29, 1.82) is 0 Å². The summed E-state index contributed by atoms with van der Waals surface area (Å²) in [6, 6.07) is 3.75. The molecular formula is C16H17NO5S2. The number of carboxylic acid groups (broad SMARTS) is 1. The standard InChI is InChI=1S/C16H17NO5S2/c1-3-10(15(20)21)17-14(19)13(24-16(17)23)8-9-5-6-11(18)12(7-9)22-4-2/h5-8,10,18H,3-4H2,1-2H3,(H,20,21)/t10-/m0/s1. The predicted molar refractivity (Wildman–Crippen MR) is 96.0 cm³/mol. The maximum Gasteiger partial charge on any atom is 0.326 e. The van der Waals surface area contributed by atoms with Gasteiger partial charge in [-0.1, -0.05) is 37.0 Å². The van der Waals surface area contributed by atoms with Crippen LogP contribution in [0.2, 0.25) is 0 Å². The van der Waals surface area contributed by atoms with Crippen LogP contribution in [0.25, 0.3) is 6.08 Å². The van der Waals surface area contributed by atoms with E-state index in [0.717, 1.165) is 16.7 Å². The van der Waals surface area contributed by atoms with E-state index in [-0.39, 0.29) is 16.5 Å². The normalized spacial score (nSPS) is 17.4. The number of carbonyl (C=O) groups excluding carboxylic acids is 1. The van der Waals surface area contributed by atoms with Gasteiger partial charge in [0.15, 0.2) is 11.5 Å². The molecule has 1 atom stereocenters. The molecule has 1 fully saturated rings. The molecule has 0 radical (unpaired) electrons. The number of nitrogens with zero attached hydrogens (tertiary/aromatic N) is 1. The van der Waals surface area contributed by atoms with Crippen LogP contribution in [0, 0.1) is 0 Å². The van der Waals surface area contributed by atoms with Gasteiger partial charge in [-0.3, -0.25) is 9.69 Å². The highest BCUT2D eigenvalue weighted by molar-refractivity contribution is 8.26. The quantitative estimate of drug-likeness (QED) is 0.590. The zero-order valence-corrected chi connectivity index (χ0v) is 14.8. The Hall–Kier alpha value is -2.06. The van der Waals surface area contributed by atoms with Gasteiger partial charge in [-0.2, -0.15) is 0 Å². The highest BCUT2D eigenvalue weighted by Crippen LogP contribution is 2.36. The van der Waals surface area contributed by atoms with Crippen LogP contribution in [0.1, 0.15) is 25.8 Å². The van der Waals surface area contributed by atoms with Crippen molar-refractivity contribution in [2.45, 2.75) is 26.3 Å². The van der Waals surface area contributed by atoms with Crippen molar-refractivity contribution in [2.24, 2.45) is 0 Å². The molecule has 128 valence electrons. The van der Waals surface area contributed by atoms with Crippen LogP contribution in [0.4, 0.5) is 0 Å². The molecule has 1 aromatic rings. The third-order valence-corrected chi connectivity index (χ3v) is 4.72. The number of aromatic hydroxyl groups is 1. The summed E-state index contributed by atoms with van der Waals surface area (Å²) in [4.78, 5) is 25.3. The van der Waals surface area contributed by atoms with Gasteiger partial charge in [0.25, 0.3) is 5.91 Å². The van der Waals surface area contributed by atoms with Crippen LogP contribution in [-0.4, -0.2) is 44.0 Å². The van der Waals surface area contributed by atoms with E-state index in [4.69, 9.17) is 17.0 Å². The van der Waals surface area contributed by atoms with Gasteiger partial charge in [-0.15, -0.1) is 0 Å². The number of phenolic OH excluding ortho intramolecular Hbond substituents is 1. The molecule has 8 heteroatoms. The summed E-state index contributed by atoms with van der Waals surface area (Å²) in [5, 5.41) is 19.0. The number of rotatable bonds is 6. The topological polar surface area (TPSA) is 87.1 Å². The van der Waals surface area contributed by atoms with Crippen LogP contribution >= 0.6 is 24.0 Å². The van der Waals surface area contributed by atoms with Crippen molar-refractivity contribution in [3.05, 3.63) is 28.7 Å². The maximum atomic E-state index is 12.5. The molecule has 1 amide bonds. The number of carbonyl (C=O) groups is 2. The molecule has 0 bridgehead atoms. The molecule has 0 spiro atoms. The summed E-state index contributed by atoms with van der Waals surface area (Å²) in [7, 11) is 0. The molecule has 2 N–H and O–H groups in total. The van der Waals surface area contributed by atoms with Crippen molar-refractivity contribution in [3.8, 4) is 11.5 Å². The highest BCUT2D eigenvalue weighted by Gasteiger charge is 2.39. The Balaban J connectivity index is 2.32. The molecule has 0 aliphatic carbocycles. The van der Waals surface area contributed by atoms with E-state index < -0.39 is 17.9 Å². The van der Waals surface area contributed by atoms with Crippen LogP contribution < -0.4 is 4.74 Å². The first-order valence-electron chi connectivity index (χ1n) is 7.34. The van der Waals surface area contributed by atoms with Crippen LogP contribution in [0.3, 0.4) is 0 Å². The van der Waals surface area contributed by atoms with Crippen molar-refractivity contribution in [3.63, 3.8) is 0 Å². The Bertz CT molecular complexity index is 716. The van der Waals surface area contributed by atoms with Gasteiger partial charge < -0.3 is 14.9 Å². The third kappa shape index (κ3) is 3.70. The summed E-state index contributed by atoms with van der Waals surface area (Å²) in [6.45, 7) is 3.89. The number of amides is 1. The number of carboxylic acids is 1. The van der Waals surface area contributed by atoms with E-state index in [1.165, 1.54) is 6.07 Å². The number of ether oxygens (including phenoxy) is 1. The number of hydrogen-bond acceptors (Lipinski definition) is 6. The summed E-state index contributed by atoms with van der Waals surface area (Å²) in [5.74, 6) is -1.18. The van der Waals surface area contributed by atoms with Gasteiger partial charge in [0.1, 0.15) is 10.4 Å². The van der Waals surface area contributed by atoms with Gasteiger partial charge in [-0.25, -0.2) is 4.79 Å². The molecule has 0 aromatic heterocycles. The Labute approximate surface area is 149 Å². The number of thioether (sulfide) groups is 1. The Morgan fingerprint density at radius 1 is 1.46 bits per heavy atom. The monoisotopic (exact) mass is 367 g/mol. The molecule has 6 nitrogen and oxygen atoms in total.